The van der Waals surface area contributed by atoms with Crippen molar-refractivity contribution < 1.29 is 9.32 Å². The maximum atomic E-state index is 12.6. The number of fused-ring (bicyclic) bond motifs is 1. The maximum absolute atomic E-state index is 12.6. The van der Waals surface area contributed by atoms with Gasteiger partial charge in [-0.15, -0.1) is 12.4 Å². The van der Waals surface area contributed by atoms with Gasteiger partial charge in [0.15, 0.2) is 0 Å². The first-order valence-electron chi connectivity index (χ1n) is 7.87. The number of nitrogens with zero attached hydrogens (tertiary/aromatic N) is 2. The standard InChI is InChI=1S/C18H20N4O2.ClH/c1-11-4-6-13(7-5-11)15-10-14(17(23)20-9-8-19-3)16-12(2)22-24-18(16)21-15;/h4-7,10,19H,8-9H2,1-3H3,(H,20,23);1H. The molecule has 0 saturated heterocycles. The second-order valence-corrected chi connectivity index (χ2v) is 5.73. The van der Waals surface area contributed by atoms with Crippen LogP contribution >= 0.6 is 12.4 Å². The Kier molecular flexibility index (Phi) is 6.12. The minimum absolute atomic E-state index is 0. The van der Waals surface area contributed by atoms with E-state index in [-0.39, 0.29) is 18.3 Å². The van der Waals surface area contributed by atoms with Crippen molar-refractivity contribution in [2.75, 3.05) is 20.1 Å². The van der Waals surface area contributed by atoms with Gasteiger partial charge in [0.05, 0.1) is 22.3 Å². The lowest BCUT2D eigenvalue weighted by molar-refractivity contribution is 0.0955. The monoisotopic (exact) mass is 360 g/mol. The summed E-state index contributed by atoms with van der Waals surface area (Å²) in [5, 5.41) is 10.5. The van der Waals surface area contributed by atoms with Crippen LogP contribution in [0.2, 0.25) is 0 Å². The maximum Gasteiger partial charge on any atom is 0.259 e. The minimum atomic E-state index is -0.155. The Morgan fingerprint density at radius 2 is 1.88 bits per heavy atom. The number of halogens is 1. The Hall–Kier alpha value is -2.44. The molecule has 6 nitrogen and oxygen atoms in total. The number of carbonyl (C=O) groups excluding carboxylic acids is 1. The molecule has 132 valence electrons. The molecule has 0 spiro atoms. The van der Waals surface area contributed by atoms with Crippen LogP contribution in [0, 0.1) is 13.8 Å². The van der Waals surface area contributed by atoms with E-state index >= 15 is 0 Å². The van der Waals surface area contributed by atoms with Gasteiger partial charge in [-0.2, -0.15) is 0 Å². The highest BCUT2D eigenvalue weighted by Gasteiger charge is 2.19. The van der Waals surface area contributed by atoms with Crippen LogP contribution in [0.5, 0.6) is 0 Å². The third kappa shape index (κ3) is 3.97. The molecular formula is C18H21ClN4O2. The summed E-state index contributed by atoms with van der Waals surface area (Å²) in [6.45, 7) is 5.08. The molecule has 1 aromatic carbocycles. The summed E-state index contributed by atoms with van der Waals surface area (Å²) in [6.07, 6.45) is 0. The molecule has 0 aliphatic heterocycles. The molecule has 0 aliphatic carbocycles. The number of carbonyl (C=O) groups is 1. The summed E-state index contributed by atoms with van der Waals surface area (Å²) in [4.78, 5) is 17.1. The highest BCUT2D eigenvalue weighted by atomic mass is 35.5. The smallest absolute Gasteiger partial charge is 0.259 e. The molecule has 2 heterocycles. The van der Waals surface area contributed by atoms with Gasteiger partial charge in [-0.1, -0.05) is 35.0 Å². The summed E-state index contributed by atoms with van der Waals surface area (Å²) >= 11 is 0. The van der Waals surface area contributed by atoms with Crippen LogP contribution in [0.1, 0.15) is 21.6 Å². The average molecular weight is 361 g/mol. The van der Waals surface area contributed by atoms with Gasteiger partial charge in [-0.25, -0.2) is 4.98 Å². The fraction of sp³-hybridized carbons (Fsp3) is 0.278. The van der Waals surface area contributed by atoms with Gasteiger partial charge in [-0.3, -0.25) is 4.79 Å². The zero-order valence-corrected chi connectivity index (χ0v) is 15.2. The lowest BCUT2D eigenvalue weighted by Gasteiger charge is -2.08. The molecule has 0 aliphatic rings. The second kappa shape index (κ2) is 8.09. The number of benzene rings is 1. The number of aryl methyl sites for hydroxylation is 2. The first-order chi connectivity index (χ1) is 11.6. The second-order valence-electron chi connectivity index (χ2n) is 5.73. The highest BCUT2D eigenvalue weighted by Crippen LogP contribution is 2.27. The van der Waals surface area contributed by atoms with Crippen molar-refractivity contribution in [1.82, 2.24) is 20.8 Å². The number of hydrogen-bond donors (Lipinski definition) is 2. The molecular weight excluding hydrogens is 340 g/mol. The summed E-state index contributed by atoms with van der Waals surface area (Å²) in [7, 11) is 1.84. The van der Waals surface area contributed by atoms with Crippen LogP contribution in [-0.4, -0.2) is 36.2 Å². The molecule has 0 unspecified atom stereocenters. The lowest BCUT2D eigenvalue weighted by atomic mass is 10.0. The Morgan fingerprint density at radius 1 is 1.16 bits per heavy atom. The zero-order chi connectivity index (χ0) is 17.1. The van der Waals surface area contributed by atoms with Crippen LogP contribution in [0.15, 0.2) is 34.9 Å². The normalized spacial score (nSPS) is 10.5. The third-order valence-electron chi connectivity index (χ3n) is 3.87. The van der Waals surface area contributed by atoms with Crippen LogP contribution in [0.3, 0.4) is 0 Å². The quantitative estimate of drug-likeness (QED) is 0.684. The van der Waals surface area contributed by atoms with Crippen LogP contribution in [0.4, 0.5) is 0 Å². The van der Waals surface area contributed by atoms with Crippen LogP contribution < -0.4 is 10.6 Å². The van der Waals surface area contributed by atoms with E-state index in [9.17, 15) is 4.79 Å². The van der Waals surface area contributed by atoms with Crippen molar-refractivity contribution in [3.8, 4) is 11.3 Å². The number of likely N-dealkylation sites (N-methyl/N-ethyl adjacent to an activating group) is 1. The van der Waals surface area contributed by atoms with E-state index in [1.807, 2.05) is 45.2 Å². The SMILES string of the molecule is CNCCNC(=O)c1cc(-c2ccc(C)cc2)nc2onc(C)c12.Cl. The summed E-state index contributed by atoms with van der Waals surface area (Å²) in [5.41, 5.74) is 4.36. The fourth-order valence-electron chi connectivity index (χ4n) is 2.54. The van der Waals surface area contributed by atoms with Gasteiger partial charge in [0.2, 0.25) is 0 Å². The summed E-state index contributed by atoms with van der Waals surface area (Å²) < 4.78 is 5.30. The number of amides is 1. The molecule has 25 heavy (non-hydrogen) atoms. The van der Waals surface area contributed by atoms with Gasteiger partial charge in [0.1, 0.15) is 0 Å². The zero-order valence-electron chi connectivity index (χ0n) is 14.4. The van der Waals surface area contributed by atoms with Gasteiger partial charge >= 0.3 is 0 Å². The van der Waals surface area contributed by atoms with E-state index < -0.39 is 0 Å². The van der Waals surface area contributed by atoms with Crippen LogP contribution in [-0.2, 0) is 0 Å². The molecule has 2 N–H and O–H groups in total. The molecule has 0 atom stereocenters. The van der Waals surface area contributed by atoms with Gasteiger partial charge in [0, 0.05) is 18.7 Å². The van der Waals surface area contributed by atoms with Gasteiger partial charge < -0.3 is 15.2 Å². The van der Waals surface area contributed by atoms with Crippen molar-refractivity contribution in [2.45, 2.75) is 13.8 Å². The molecule has 0 fully saturated rings. The van der Waals surface area contributed by atoms with E-state index in [0.717, 1.165) is 5.56 Å². The Labute approximate surface area is 152 Å². The van der Waals surface area contributed by atoms with E-state index in [0.29, 0.717) is 41.1 Å². The van der Waals surface area contributed by atoms with Gasteiger partial charge in [-0.05, 0) is 27.0 Å². The molecule has 3 rings (SSSR count). The fourth-order valence-corrected chi connectivity index (χ4v) is 2.54. The highest BCUT2D eigenvalue weighted by molar-refractivity contribution is 6.07. The number of nitrogens with one attached hydrogen (secondary N) is 2. The molecule has 7 heteroatoms. The molecule has 3 aromatic rings. The Morgan fingerprint density at radius 3 is 2.56 bits per heavy atom. The first kappa shape index (κ1) is 18.9. The van der Waals surface area contributed by atoms with E-state index in [1.165, 1.54) is 5.56 Å². The summed E-state index contributed by atoms with van der Waals surface area (Å²) in [5.74, 6) is -0.155. The van der Waals surface area contributed by atoms with E-state index in [4.69, 9.17) is 4.52 Å². The van der Waals surface area contributed by atoms with Crippen molar-refractivity contribution in [3.05, 3.63) is 47.2 Å². The average Bonchev–Trinajstić information content (AvgIpc) is 2.96. The molecule has 0 bridgehead atoms. The predicted octanol–water partition coefficient (Wildman–Crippen LogP) is 2.88. The molecule has 2 aromatic heterocycles. The number of aromatic nitrogens is 2. The number of pyridine rings is 1. The molecule has 0 saturated carbocycles. The molecule has 1 amide bonds. The number of rotatable bonds is 5. The van der Waals surface area contributed by atoms with Gasteiger partial charge in [0.25, 0.3) is 11.6 Å². The minimum Gasteiger partial charge on any atom is -0.351 e. The summed E-state index contributed by atoms with van der Waals surface area (Å²) in [6, 6.07) is 9.79. The van der Waals surface area contributed by atoms with Crippen molar-refractivity contribution in [3.63, 3.8) is 0 Å². The van der Waals surface area contributed by atoms with Crippen molar-refractivity contribution >= 4 is 29.4 Å². The third-order valence-corrected chi connectivity index (χ3v) is 3.87. The van der Waals surface area contributed by atoms with Crippen molar-refractivity contribution in [2.24, 2.45) is 0 Å². The first-order valence-corrected chi connectivity index (χ1v) is 7.87. The van der Waals surface area contributed by atoms with Crippen molar-refractivity contribution in [1.29, 1.82) is 0 Å². The Bertz CT molecular complexity index is 875. The van der Waals surface area contributed by atoms with Crippen LogP contribution in [0.25, 0.3) is 22.4 Å². The predicted molar refractivity (Wildman–Crippen MR) is 100 cm³/mol. The Balaban J connectivity index is 0.00000225. The van der Waals surface area contributed by atoms with E-state index in [2.05, 4.69) is 20.8 Å². The van der Waals surface area contributed by atoms with E-state index in [1.54, 1.807) is 6.07 Å². The topological polar surface area (TPSA) is 80.0 Å². The number of hydrogen-bond acceptors (Lipinski definition) is 5. The largest absolute Gasteiger partial charge is 0.351 e. The molecule has 0 radical (unpaired) electrons. The lowest BCUT2D eigenvalue weighted by Crippen LogP contribution is -2.30.